The van der Waals surface area contributed by atoms with Gasteiger partial charge < -0.3 is 19.6 Å². The van der Waals surface area contributed by atoms with E-state index in [1.165, 1.54) is 6.08 Å². The van der Waals surface area contributed by atoms with Crippen LogP contribution in [-0.4, -0.2) is 94.9 Å². The molecule has 6 atom stereocenters. The Balaban J connectivity index is 1.49. The van der Waals surface area contributed by atoms with Gasteiger partial charge in [0.05, 0.1) is 22.1 Å². The summed E-state index contributed by atoms with van der Waals surface area (Å²) in [4.78, 5) is 45.4. The minimum Gasteiger partial charge on any atom is -0.461 e. The number of halogens is 1. The average Bonchev–Trinajstić information content (AvgIpc) is 3.68. The largest absolute Gasteiger partial charge is 0.461 e. The number of likely N-dealkylation sites (tertiary alicyclic amines) is 1. The summed E-state index contributed by atoms with van der Waals surface area (Å²) in [5.41, 5.74) is 1.53. The number of amides is 2. The quantitative estimate of drug-likeness (QED) is 0.144. The van der Waals surface area contributed by atoms with Crippen molar-refractivity contribution >= 4 is 56.5 Å². The zero-order chi connectivity index (χ0) is 29.1. The third-order valence-corrected chi connectivity index (χ3v) is 11.6. The lowest BCUT2D eigenvalue weighted by Crippen LogP contribution is -2.55. The lowest BCUT2D eigenvalue weighted by atomic mass is 9.71. The first-order valence-corrected chi connectivity index (χ1v) is 15.9. The van der Waals surface area contributed by atoms with Crippen LogP contribution in [0.25, 0.3) is 11.0 Å². The second-order valence-corrected chi connectivity index (χ2v) is 13.5. The number of benzene rings is 1. The molecule has 3 unspecified atom stereocenters. The predicted molar refractivity (Wildman–Crippen MR) is 160 cm³/mol. The van der Waals surface area contributed by atoms with Crippen LogP contribution < -0.4 is 0 Å². The second-order valence-electron chi connectivity index (χ2n) is 10.8. The Kier molecular flexibility index (Phi) is 9.20. The molecule has 1 aromatic heterocycles. The maximum Gasteiger partial charge on any atom is 0.311 e. The SMILES string of the molecule is C=CCOC(=O)[C@H]1[C@H]2C(=O)N(CCCCCCO)C(C(=O)N(CC=C)Cn3nnc4ccccc43)C23CC(Br)[C@@H]1S3. The Hall–Kier alpha value is -2.70. The molecule has 12 heteroatoms. The fourth-order valence-corrected chi connectivity index (χ4v) is 10.2. The number of thioether (sulfide) groups is 1. The van der Waals surface area contributed by atoms with E-state index in [9.17, 15) is 19.5 Å². The minimum absolute atomic E-state index is 0.0373. The summed E-state index contributed by atoms with van der Waals surface area (Å²) in [5, 5.41) is 17.5. The smallest absolute Gasteiger partial charge is 0.311 e. The standard InChI is InChI=1S/C29H36BrN5O5S/c1-3-13-33(18-35-21-12-8-7-11-20(21)31-32-35)27(38)25-29-17-19(30)24(41-29)22(28(39)40-16-4-2)23(29)26(37)34(25)14-9-5-6-10-15-36/h3-4,7-8,11-12,19,22-25,36H,1-2,5-6,9-10,13-18H2/t19?,22-,23-,24-,25?,29?/m0/s1. The second kappa shape index (κ2) is 12.7. The molecule has 220 valence electrons. The molecule has 3 aliphatic rings. The first kappa shape index (κ1) is 29.8. The number of hydrogen-bond acceptors (Lipinski definition) is 8. The zero-order valence-electron chi connectivity index (χ0n) is 22.9. The van der Waals surface area contributed by atoms with Crippen LogP contribution in [0.2, 0.25) is 0 Å². The Morgan fingerprint density at radius 1 is 1.22 bits per heavy atom. The van der Waals surface area contributed by atoms with Gasteiger partial charge in [0.1, 0.15) is 24.8 Å². The number of fused-ring (bicyclic) bond motifs is 2. The number of rotatable bonds is 14. The van der Waals surface area contributed by atoms with Gasteiger partial charge in [0.2, 0.25) is 11.8 Å². The van der Waals surface area contributed by atoms with E-state index in [0.29, 0.717) is 25.8 Å². The van der Waals surface area contributed by atoms with E-state index in [2.05, 4.69) is 39.4 Å². The Bertz CT molecular complexity index is 1320. The van der Waals surface area contributed by atoms with Crippen molar-refractivity contribution in [1.82, 2.24) is 24.8 Å². The molecule has 2 bridgehead atoms. The normalized spacial score (nSPS) is 28.2. The van der Waals surface area contributed by atoms with Gasteiger partial charge in [-0.2, -0.15) is 0 Å². The summed E-state index contributed by atoms with van der Waals surface area (Å²) in [7, 11) is 0. The van der Waals surface area contributed by atoms with Crippen LogP contribution >= 0.6 is 27.7 Å². The van der Waals surface area contributed by atoms with Crippen molar-refractivity contribution in [2.24, 2.45) is 11.8 Å². The fraction of sp³-hybridized carbons (Fsp3) is 0.552. The van der Waals surface area contributed by atoms with E-state index in [4.69, 9.17) is 4.74 Å². The van der Waals surface area contributed by atoms with E-state index in [0.717, 1.165) is 23.9 Å². The van der Waals surface area contributed by atoms with Crippen molar-refractivity contribution in [3.63, 3.8) is 0 Å². The number of unbranched alkanes of at least 4 members (excludes halogenated alkanes) is 3. The molecule has 1 N–H and O–H groups in total. The highest BCUT2D eigenvalue weighted by Gasteiger charge is 2.76. The lowest BCUT2D eigenvalue weighted by molar-refractivity contribution is -0.153. The maximum absolute atomic E-state index is 14.6. The number of hydrogen-bond donors (Lipinski definition) is 1. The molecular weight excluding hydrogens is 610 g/mol. The number of aliphatic hydroxyl groups is 1. The first-order chi connectivity index (χ1) is 19.9. The number of aliphatic hydroxyl groups excluding tert-OH is 1. The van der Waals surface area contributed by atoms with Crippen molar-refractivity contribution in [2.45, 2.75) is 59.6 Å². The highest BCUT2D eigenvalue weighted by atomic mass is 79.9. The van der Waals surface area contributed by atoms with Crippen LogP contribution in [0.15, 0.2) is 49.6 Å². The van der Waals surface area contributed by atoms with Crippen LogP contribution in [0.4, 0.5) is 0 Å². The summed E-state index contributed by atoms with van der Waals surface area (Å²) in [6.07, 6.45) is 6.84. The topological polar surface area (TPSA) is 118 Å². The predicted octanol–water partition coefficient (Wildman–Crippen LogP) is 3.15. The van der Waals surface area contributed by atoms with Gasteiger partial charge in [-0.1, -0.05) is 64.8 Å². The van der Waals surface area contributed by atoms with Crippen molar-refractivity contribution in [2.75, 3.05) is 26.3 Å². The number of ether oxygens (including phenoxy) is 1. The fourth-order valence-electron chi connectivity index (χ4n) is 6.63. The van der Waals surface area contributed by atoms with E-state index in [1.807, 2.05) is 24.3 Å². The van der Waals surface area contributed by atoms with Crippen LogP contribution in [-0.2, 0) is 25.8 Å². The zero-order valence-corrected chi connectivity index (χ0v) is 25.3. The molecule has 0 saturated carbocycles. The Labute approximate surface area is 252 Å². The number of alkyl halides is 1. The molecule has 2 amide bonds. The third kappa shape index (κ3) is 5.34. The van der Waals surface area contributed by atoms with E-state index in [1.54, 1.807) is 32.3 Å². The Morgan fingerprint density at radius 2 is 2.00 bits per heavy atom. The molecule has 1 spiro atoms. The molecule has 10 nitrogen and oxygen atoms in total. The molecule has 41 heavy (non-hydrogen) atoms. The summed E-state index contributed by atoms with van der Waals surface area (Å²) < 4.78 is 6.39. The highest BCUT2D eigenvalue weighted by Crippen LogP contribution is 2.68. The number of para-hydroxylation sites is 1. The Morgan fingerprint density at radius 3 is 2.76 bits per heavy atom. The van der Waals surface area contributed by atoms with Crippen LogP contribution in [0.5, 0.6) is 0 Å². The third-order valence-electron chi connectivity index (χ3n) is 8.33. The summed E-state index contributed by atoms with van der Waals surface area (Å²) in [6.45, 7) is 8.53. The number of esters is 1. The van der Waals surface area contributed by atoms with Gasteiger partial charge in [0.25, 0.3) is 0 Å². The molecule has 4 heterocycles. The molecule has 1 aromatic carbocycles. The van der Waals surface area contributed by atoms with Crippen molar-refractivity contribution in [3.05, 3.63) is 49.6 Å². The molecule has 0 radical (unpaired) electrons. The highest BCUT2D eigenvalue weighted by molar-refractivity contribution is 9.09. The lowest BCUT2D eigenvalue weighted by Gasteiger charge is -2.37. The number of aromatic nitrogens is 3. The van der Waals surface area contributed by atoms with Crippen LogP contribution in [0, 0.1) is 11.8 Å². The van der Waals surface area contributed by atoms with E-state index >= 15 is 0 Å². The van der Waals surface area contributed by atoms with Gasteiger partial charge in [-0.05, 0) is 31.4 Å². The van der Waals surface area contributed by atoms with Crippen molar-refractivity contribution in [1.29, 1.82) is 0 Å². The first-order valence-electron chi connectivity index (χ1n) is 14.1. The van der Waals surface area contributed by atoms with Crippen molar-refractivity contribution < 1.29 is 24.2 Å². The molecule has 3 aliphatic heterocycles. The van der Waals surface area contributed by atoms with Gasteiger partial charge in [-0.25, -0.2) is 4.68 Å². The number of nitrogens with zero attached hydrogens (tertiary/aromatic N) is 5. The van der Waals surface area contributed by atoms with Crippen LogP contribution in [0.1, 0.15) is 32.1 Å². The van der Waals surface area contributed by atoms with Gasteiger partial charge in [-0.15, -0.1) is 23.4 Å². The molecular formula is C29H36BrN5O5S. The van der Waals surface area contributed by atoms with Gasteiger partial charge in [-0.3, -0.25) is 14.4 Å². The summed E-state index contributed by atoms with van der Waals surface area (Å²) >= 11 is 5.37. The molecule has 3 saturated heterocycles. The molecule has 3 fully saturated rings. The average molecular weight is 647 g/mol. The maximum atomic E-state index is 14.6. The summed E-state index contributed by atoms with van der Waals surface area (Å²) in [6, 6.07) is 6.80. The number of carbonyl (C=O) groups is 3. The van der Waals surface area contributed by atoms with Gasteiger partial charge in [0, 0.05) is 29.8 Å². The van der Waals surface area contributed by atoms with E-state index < -0.39 is 28.6 Å². The minimum atomic E-state index is -0.764. The van der Waals surface area contributed by atoms with E-state index in [-0.39, 0.29) is 48.3 Å². The molecule has 2 aromatic rings. The monoisotopic (exact) mass is 645 g/mol. The summed E-state index contributed by atoms with van der Waals surface area (Å²) in [5.74, 6) is -2.06. The number of carbonyl (C=O) groups excluding carboxylic acids is 3. The molecule has 5 rings (SSSR count). The van der Waals surface area contributed by atoms with Crippen LogP contribution in [0.3, 0.4) is 0 Å². The molecule has 0 aliphatic carbocycles. The van der Waals surface area contributed by atoms with Gasteiger partial charge in [0.15, 0.2) is 0 Å². The van der Waals surface area contributed by atoms with Crippen molar-refractivity contribution in [3.8, 4) is 0 Å². The van der Waals surface area contributed by atoms with Gasteiger partial charge >= 0.3 is 5.97 Å².